The number of Topliss-reactive ketones (excluding diaryl/α,β-unsaturated/α-hetero) is 2. The van der Waals surface area contributed by atoms with Crippen molar-refractivity contribution < 1.29 is 47.1 Å². The molecule has 1 fully saturated rings. The fourth-order valence-corrected chi connectivity index (χ4v) is 11.7. The van der Waals surface area contributed by atoms with Crippen LogP contribution in [0.5, 0.6) is 11.6 Å². The van der Waals surface area contributed by atoms with Crippen LogP contribution < -0.4 is 9.47 Å². The van der Waals surface area contributed by atoms with Crippen LogP contribution in [0.2, 0.25) is 18.1 Å². The van der Waals surface area contributed by atoms with E-state index in [1.807, 2.05) is 118 Å². The lowest BCUT2D eigenvalue weighted by atomic mass is 9.57. The zero-order valence-corrected chi connectivity index (χ0v) is 43.1. The summed E-state index contributed by atoms with van der Waals surface area (Å²) in [5, 5.41) is 16.8. The molecule has 0 amide bonds. The number of carbonyl (C=O) groups excluding carboxylic acids is 4. The van der Waals surface area contributed by atoms with E-state index in [1.165, 1.54) is 5.56 Å². The van der Waals surface area contributed by atoms with Crippen LogP contribution >= 0.6 is 0 Å². The second kappa shape index (κ2) is 21.1. The van der Waals surface area contributed by atoms with Crippen LogP contribution in [-0.4, -0.2) is 78.9 Å². The first kappa shape index (κ1) is 51.8. The Morgan fingerprint density at radius 3 is 1.99 bits per heavy atom. The lowest BCUT2D eigenvalue weighted by Crippen LogP contribution is -2.68. The molecule has 0 saturated heterocycles. The first-order valence-corrected chi connectivity index (χ1v) is 27.0. The minimum Gasteiger partial charge on any atom is -0.507 e. The van der Waals surface area contributed by atoms with E-state index in [1.54, 1.807) is 0 Å². The van der Waals surface area contributed by atoms with Crippen molar-refractivity contribution in [3.63, 3.8) is 0 Å². The van der Waals surface area contributed by atoms with Gasteiger partial charge in [-0.1, -0.05) is 126 Å². The van der Waals surface area contributed by atoms with Gasteiger partial charge in [0.05, 0.1) is 11.6 Å². The van der Waals surface area contributed by atoms with Crippen molar-refractivity contribution in [1.29, 1.82) is 0 Å². The largest absolute Gasteiger partial charge is 0.507 e. The number of aliphatic hydroxyl groups is 1. The van der Waals surface area contributed by atoms with Crippen molar-refractivity contribution >= 4 is 31.8 Å². The average Bonchev–Trinajstić information content (AvgIpc) is 3.74. The van der Waals surface area contributed by atoms with Gasteiger partial charge in [0.2, 0.25) is 11.6 Å². The average molecular weight is 972 g/mol. The van der Waals surface area contributed by atoms with E-state index >= 15 is 14.0 Å². The molecular weight excluding hydrogens is 906 g/mol. The highest BCUT2D eigenvalue weighted by atomic mass is 28.4. The molecule has 1 heterocycles. The Kier molecular flexibility index (Phi) is 15.6. The molecular formula is C56H66FN3O9Si. The van der Waals surface area contributed by atoms with Crippen LogP contribution in [0.1, 0.15) is 102 Å². The Morgan fingerprint density at radius 2 is 1.44 bits per heavy atom. The van der Waals surface area contributed by atoms with Crippen molar-refractivity contribution in [2.45, 2.75) is 110 Å². The molecule has 3 aliphatic carbocycles. The third kappa shape index (κ3) is 10.1. The number of nitrogens with zero attached hydrogens (tertiary/aromatic N) is 3. The number of halogens is 1. The van der Waals surface area contributed by atoms with Crippen molar-refractivity contribution in [2.24, 2.45) is 17.8 Å². The smallest absolute Gasteiger partial charge is 0.373 e. The number of aromatic nitrogens is 1. The van der Waals surface area contributed by atoms with Gasteiger partial charge >= 0.3 is 6.15 Å². The van der Waals surface area contributed by atoms with E-state index in [9.17, 15) is 5.11 Å². The Hall–Kier alpha value is -6.02. The Labute approximate surface area is 411 Å². The van der Waals surface area contributed by atoms with Gasteiger partial charge in [0.15, 0.2) is 19.7 Å². The molecule has 14 heteroatoms. The highest BCUT2D eigenvalue weighted by Crippen LogP contribution is 2.59. The van der Waals surface area contributed by atoms with Gasteiger partial charge in [0.25, 0.3) is 5.88 Å². The van der Waals surface area contributed by atoms with Crippen LogP contribution in [0.15, 0.2) is 101 Å². The van der Waals surface area contributed by atoms with Crippen LogP contribution in [0.25, 0.3) is 5.76 Å². The van der Waals surface area contributed by atoms with Gasteiger partial charge < -0.3 is 23.5 Å². The topological polar surface area (TPSA) is 149 Å². The predicted molar refractivity (Wildman–Crippen MR) is 266 cm³/mol. The molecule has 1 N–H and O–H groups in total. The number of rotatable bonds is 16. The highest BCUT2D eigenvalue weighted by molar-refractivity contribution is 6.74. The number of hydrogen-bond acceptors (Lipinski definition) is 12. The molecule has 12 nitrogen and oxygen atoms in total. The van der Waals surface area contributed by atoms with E-state index in [0.717, 1.165) is 24.1 Å². The third-order valence-electron chi connectivity index (χ3n) is 14.5. The second-order valence-corrected chi connectivity index (χ2v) is 25.7. The summed E-state index contributed by atoms with van der Waals surface area (Å²) in [6.45, 7) is 18.4. The van der Waals surface area contributed by atoms with Crippen molar-refractivity contribution in [1.82, 2.24) is 15.0 Å². The molecule has 70 heavy (non-hydrogen) atoms. The molecule has 4 atom stereocenters. The maximum absolute atomic E-state index is 17.9. The van der Waals surface area contributed by atoms with Crippen LogP contribution in [0.4, 0.5) is 4.39 Å². The summed E-state index contributed by atoms with van der Waals surface area (Å²) in [5.74, 6) is -2.56. The van der Waals surface area contributed by atoms with Crippen LogP contribution in [0, 0.1) is 30.5 Å². The summed E-state index contributed by atoms with van der Waals surface area (Å²) in [6.07, 6.45) is 1.37. The van der Waals surface area contributed by atoms with E-state index in [-0.39, 0.29) is 60.5 Å². The van der Waals surface area contributed by atoms with E-state index in [0.29, 0.717) is 47.2 Å². The van der Waals surface area contributed by atoms with Gasteiger partial charge in [-0.2, -0.15) is 9.59 Å². The van der Waals surface area contributed by atoms with Crippen molar-refractivity contribution in [3.8, 4) is 11.6 Å². The monoisotopic (exact) mass is 971 g/mol. The minimum absolute atomic E-state index is 0.0217. The SMILES string of the molecule is Cc1c(CN(CCc2ccccc2)CC(C)C)c(F)c2c(c1OCc1ccccc1)C(O)=C1C(=O)[C@]3(O[Si](C)(C)C(C)(C)C)C(=O)c4c(OCc5ccccc5)noc4[C@@H](N(C)C)[C@@H]3C[C@@H]1C2.O=C=O. The summed E-state index contributed by atoms with van der Waals surface area (Å²) in [4.78, 5) is 52.3. The number of benzene rings is 4. The standard InChI is InChI=1S/C55H66FN3O7Si.CO2/c1-34(2)30-59(27-26-36-20-14-11-15-21-36)31-41-35(3)49(63-32-37-22-16-12-17-23-37)44-40(46(41)56)28-39-29-42-47(58(7)8)50-45(53(57-65-50)64-33-38-24-18-13-19-25-38)52(62)55(42,51(61)43(39)48(44)60)66-67(9,10)54(4,5)6;2-1-3/h11-25,34,39,42,47,60H,26-33H2,1-10H3;/t39-,42-,47-,55-;/m0./s1. The number of aliphatic hydroxyl groups excluding tert-OH is 1. The fourth-order valence-electron chi connectivity index (χ4n) is 10.2. The number of carbonyl (C=O) groups is 2. The normalized spacial score (nSPS) is 19.8. The third-order valence-corrected chi connectivity index (χ3v) is 19.0. The van der Waals surface area contributed by atoms with Crippen molar-refractivity contribution in [3.05, 3.63) is 153 Å². The number of fused-ring (bicyclic) bond motifs is 4. The van der Waals surface area contributed by atoms with Crippen LogP contribution in [-0.2, 0) is 51.4 Å². The Bertz CT molecular complexity index is 2750. The van der Waals surface area contributed by atoms with Gasteiger partial charge in [-0.15, -0.1) is 0 Å². The molecule has 4 aromatic carbocycles. The molecule has 0 bridgehead atoms. The van der Waals surface area contributed by atoms with Gasteiger partial charge in [-0.05, 0) is 97.7 Å². The molecule has 3 aliphatic rings. The first-order valence-electron chi connectivity index (χ1n) is 24.1. The van der Waals surface area contributed by atoms with Gasteiger partial charge in [-0.25, -0.2) is 4.39 Å². The summed E-state index contributed by atoms with van der Waals surface area (Å²) >= 11 is 0. The quantitative estimate of drug-likeness (QED) is 0.0741. The first-order chi connectivity index (χ1) is 33.2. The van der Waals surface area contributed by atoms with Gasteiger partial charge in [-0.3, -0.25) is 19.4 Å². The minimum atomic E-state index is -2.99. The Morgan fingerprint density at radius 1 is 0.886 bits per heavy atom. The second-order valence-electron chi connectivity index (χ2n) is 21.0. The maximum atomic E-state index is 17.9. The van der Waals surface area contributed by atoms with Gasteiger partial charge in [0, 0.05) is 42.3 Å². The van der Waals surface area contributed by atoms with E-state index < -0.39 is 54.2 Å². The Balaban J connectivity index is 0.00000235. The maximum Gasteiger partial charge on any atom is 0.373 e. The molecule has 0 aliphatic heterocycles. The number of ketones is 2. The molecule has 370 valence electrons. The zero-order chi connectivity index (χ0) is 50.7. The summed E-state index contributed by atoms with van der Waals surface area (Å²) in [5.41, 5.74) is 2.48. The molecule has 0 spiro atoms. The zero-order valence-electron chi connectivity index (χ0n) is 42.1. The van der Waals surface area contributed by atoms with Gasteiger partial charge in [0.1, 0.15) is 36.1 Å². The summed E-state index contributed by atoms with van der Waals surface area (Å²) < 4.78 is 44.2. The molecule has 8 rings (SSSR count). The van der Waals surface area contributed by atoms with Crippen LogP contribution in [0.3, 0.4) is 0 Å². The summed E-state index contributed by atoms with van der Waals surface area (Å²) in [7, 11) is 0.771. The number of hydrogen-bond donors (Lipinski definition) is 1. The molecule has 1 saturated carbocycles. The lowest BCUT2D eigenvalue weighted by molar-refractivity contribution is -0.191. The fraction of sp³-hybridized carbons (Fsp3) is 0.429. The predicted octanol–water partition coefficient (Wildman–Crippen LogP) is 10.7. The van der Waals surface area contributed by atoms with E-state index in [4.69, 9.17) is 28.0 Å². The molecule has 5 aromatic rings. The number of ether oxygens (including phenoxy) is 2. The molecule has 0 unspecified atom stereocenters. The lowest BCUT2D eigenvalue weighted by Gasteiger charge is -2.55. The molecule has 1 aromatic heterocycles. The van der Waals surface area contributed by atoms with E-state index in [2.05, 4.69) is 56.8 Å². The highest BCUT2D eigenvalue weighted by Gasteiger charge is 2.69. The molecule has 0 radical (unpaired) electrons. The van der Waals surface area contributed by atoms with Crippen molar-refractivity contribution in [2.75, 3.05) is 27.2 Å². The summed E-state index contributed by atoms with van der Waals surface area (Å²) in [6, 6.07) is 28.9.